The molecule has 88 valence electrons. The molecule has 1 aliphatic heterocycles. The maximum atomic E-state index is 9.08. The van der Waals surface area contributed by atoms with Gasteiger partial charge in [0.15, 0.2) is 0 Å². The van der Waals surface area contributed by atoms with Gasteiger partial charge < -0.3 is 20.1 Å². The van der Waals surface area contributed by atoms with Gasteiger partial charge in [-0.1, -0.05) is 0 Å². The van der Waals surface area contributed by atoms with Crippen LogP contribution in [0, 0.1) is 0 Å². The molecule has 0 saturated carbocycles. The Kier molecular flexibility index (Phi) is 3.58. The molecule has 1 unspecified atom stereocenters. The van der Waals surface area contributed by atoms with Gasteiger partial charge in [0.05, 0.1) is 43.1 Å². The number of hydrogen-bond donors (Lipinski definition) is 2. The average molecular weight is 223 g/mol. The Balaban J connectivity index is 2.10. The fourth-order valence-electron chi connectivity index (χ4n) is 1.80. The first-order valence-corrected chi connectivity index (χ1v) is 5.43. The first-order chi connectivity index (χ1) is 7.83. The lowest BCUT2D eigenvalue weighted by Gasteiger charge is -2.33. The van der Waals surface area contributed by atoms with E-state index in [4.69, 9.17) is 9.84 Å². The summed E-state index contributed by atoms with van der Waals surface area (Å²) in [6.45, 7) is 2.27. The third-order valence-corrected chi connectivity index (χ3v) is 2.72. The Bertz CT molecular complexity index is 346. The summed E-state index contributed by atoms with van der Waals surface area (Å²) in [6, 6.07) is 2.05. The molecule has 1 aliphatic rings. The lowest BCUT2D eigenvalue weighted by atomic mass is 10.2. The second-order valence-corrected chi connectivity index (χ2v) is 3.80. The van der Waals surface area contributed by atoms with Gasteiger partial charge in [-0.2, -0.15) is 0 Å². The Labute approximate surface area is 95.1 Å². The lowest BCUT2D eigenvalue weighted by Crippen LogP contribution is -2.44. The summed E-state index contributed by atoms with van der Waals surface area (Å²) in [6.07, 6.45) is 3.53. The van der Waals surface area contributed by atoms with Crippen molar-refractivity contribution in [2.24, 2.45) is 0 Å². The minimum absolute atomic E-state index is 0.0651. The second-order valence-electron chi connectivity index (χ2n) is 3.80. The molecule has 0 radical (unpaired) electrons. The van der Waals surface area contributed by atoms with Crippen LogP contribution in [0.15, 0.2) is 18.5 Å². The van der Waals surface area contributed by atoms with Gasteiger partial charge in [-0.15, -0.1) is 0 Å². The highest BCUT2D eigenvalue weighted by Crippen LogP contribution is 2.19. The van der Waals surface area contributed by atoms with Crippen LogP contribution in [-0.4, -0.2) is 49.5 Å². The molecule has 2 rings (SSSR count). The monoisotopic (exact) mass is 223 g/mol. The molecular formula is C11H17N3O2. The standard InChI is InChI=1S/C11H17N3O2/c1-12-9-4-10(6-13-5-9)14-2-3-16-11(7-14)8-15/h4-6,11-12,15H,2-3,7-8H2,1H3. The molecule has 1 aromatic heterocycles. The molecule has 5 nitrogen and oxygen atoms in total. The minimum atomic E-state index is -0.0907. The van der Waals surface area contributed by atoms with Gasteiger partial charge >= 0.3 is 0 Å². The van der Waals surface area contributed by atoms with Crippen LogP contribution in [-0.2, 0) is 4.74 Å². The number of aliphatic hydroxyl groups excluding tert-OH is 1. The van der Waals surface area contributed by atoms with E-state index in [2.05, 4.69) is 15.2 Å². The van der Waals surface area contributed by atoms with Gasteiger partial charge in [-0.3, -0.25) is 4.98 Å². The zero-order chi connectivity index (χ0) is 11.4. The van der Waals surface area contributed by atoms with Crippen LogP contribution in [0.5, 0.6) is 0 Å². The maximum absolute atomic E-state index is 9.08. The largest absolute Gasteiger partial charge is 0.394 e. The second kappa shape index (κ2) is 5.14. The van der Waals surface area contributed by atoms with Crippen LogP contribution in [0.25, 0.3) is 0 Å². The summed E-state index contributed by atoms with van der Waals surface area (Å²) >= 11 is 0. The first-order valence-electron chi connectivity index (χ1n) is 5.43. The zero-order valence-corrected chi connectivity index (χ0v) is 9.39. The molecule has 1 aromatic rings. The Hall–Kier alpha value is -1.33. The molecule has 1 fully saturated rings. The van der Waals surface area contributed by atoms with Gasteiger partial charge in [0.1, 0.15) is 0 Å². The van der Waals surface area contributed by atoms with E-state index >= 15 is 0 Å². The van der Waals surface area contributed by atoms with Crippen molar-refractivity contribution in [2.45, 2.75) is 6.10 Å². The summed E-state index contributed by atoms with van der Waals surface area (Å²) in [5.41, 5.74) is 2.05. The molecule has 1 atom stereocenters. The van der Waals surface area contributed by atoms with Gasteiger partial charge in [0.25, 0.3) is 0 Å². The number of aromatic nitrogens is 1. The molecule has 5 heteroatoms. The number of ether oxygens (including phenoxy) is 1. The Morgan fingerprint density at radius 1 is 1.62 bits per heavy atom. The molecule has 1 saturated heterocycles. The van der Waals surface area contributed by atoms with Crippen molar-refractivity contribution in [1.82, 2.24) is 4.98 Å². The van der Waals surface area contributed by atoms with Crippen LogP contribution in [0.4, 0.5) is 11.4 Å². The molecule has 16 heavy (non-hydrogen) atoms. The van der Waals surface area contributed by atoms with Crippen LogP contribution in [0.3, 0.4) is 0 Å². The number of aliphatic hydroxyl groups is 1. The Morgan fingerprint density at radius 2 is 2.50 bits per heavy atom. The summed E-state index contributed by atoms with van der Waals surface area (Å²) in [7, 11) is 1.87. The number of hydrogen-bond acceptors (Lipinski definition) is 5. The molecular weight excluding hydrogens is 206 g/mol. The maximum Gasteiger partial charge on any atom is 0.0980 e. The number of rotatable bonds is 3. The third-order valence-electron chi connectivity index (χ3n) is 2.72. The van der Waals surface area contributed by atoms with Gasteiger partial charge in [0.2, 0.25) is 0 Å². The fourth-order valence-corrected chi connectivity index (χ4v) is 1.80. The van der Waals surface area contributed by atoms with E-state index in [1.54, 1.807) is 6.20 Å². The van der Waals surface area contributed by atoms with Crippen molar-refractivity contribution in [2.75, 3.05) is 43.6 Å². The van der Waals surface area contributed by atoms with E-state index in [9.17, 15) is 0 Å². The van der Waals surface area contributed by atoms with Crippen molar-refractivity contribution < 1.29 is 9.84 Å². The smallest absolute Gasteiger partial charge is 0.0980 e. The molecule has 0 bridgehead atoms. The molecule has 0 amide bonds. The van der Waals surface area contributed by atoms with E-state index < -0.39 is 0 Å². The highest BCUT2D eigenvalue weighted by atomic mass is 16.5. The molecule has 0 aromatic carbocycles. The summed E-state index contributed by atoms with van der Waals surface area (Å²) in [4.78, 5) is 6.35. The molecule has 2 N–H and O–H groups in total. The van der Waals surface area contributed by atoms with Crippen molar-refractivity contribution in [1.29, 1.82) is 0 Å². The SMILES string of the molecule is CNc1cncc(N2CCOC(CO)C2)c1. The van der Waals surface area contributed by atoms with E-state index in [1.165, 1.54) is 0 Å². The molecule has 0 aliphatic carbocycles. The lowest BCUT2D eigenvalue weighted by molar-refractivity contribution is 0.00355. The third kappa shape index (κ3) is 2.43. The fraction of sp³-hybridized carbons (Fsp3) is 0.545. The predicted molar refractivity (Wildman–Crippen MR) is 62.8 cm³/mol. The van der Waals surface area contributed by atoms with Gasteiger partial charge in [-0.25, -0.2) is 0 Å². The number of nitrogens with zero attached hydrogens (tertiary/aromatic N) is 2. The van der Waals surface area contributed by atoms with E-state index in [-0.39, 0.29) is 12.7 Å². The van der Waals surface area contributed by atoms with Crippen molar-refractivity contribution in [3.63, 3.8) is 0 Å². The number of nitrogens with one attached hydrogen (secondary N) is 1. The summed E-state index contributed by atoms with van der Waals surface area (Å²) in [5, 5.41) is 12.1. The normalized spacial score (nSPS) is 20.9. The number of pyridine rings is 1. The molecule has 2 heterocycles. The van der Waals surface area contributed by atoms with Crippen LogP contribution in [0.1, 0.15) is 0 Å². The highest BCUT2D eigenvalue weighted by molar-refractivity contribution is 5.55. The van der Waals surface area contributed by atoms with Crippen LogP contribution >= 0.6 is 0 Å². The quantitative estimate of drug-likeness (QED) is 0.773. The van der Waals surface area contributed by atoms with E-state index in [0.29, 0.717) is 13.2 Å². The Morgan fingerprint density at radius 3 is 3.25 bits per heavy atom. The number of morpholine rings is 1. The van der Waals surface area contributed by atoms with E-state index in [1.807, 2.05) is 19.3 Å². The van der Waals surface area contributed by atoms with Crippen molar-refractivity contribution in [3.05, 3.63) is 18.5 Å². The zero-order valence-electron chi connectivity index (χ0n) is 9.39. The predicted octanol–water partition coefficient (Wildman–Crippen LogP) is 0.321. The minimum Gasteiger partial charge on any atom is -0.394 e. The van der Waals surface area contributed by atoms with Gasteiger partial charge in [-0.05, 0) is 6.07 Å². The van der Waals surface area contributed by atoms with E-state index in [0.717, 1.165) is 17.9 Å². The molecule has 0 spiro atoms. The topological polar surface area (TPSA) is 57.6 Å². The summed E-state index contributed by atoms with van der Waals surface area (Å²) < 4.78 is 5.41. The highest BCUT2D eigenvalue weighted by Gasteiger charge is 2.20. The van der Waals surface area contributed by atoms with Crippen LogP contribution in [0.2, 0.25) is 0 Å². The summed E-state index contributed by atoms with van der Waals surface area (Å²) in [5.74, 6) is 0. The number of anilines is 2. The van der Waals surface area contributed by atoms with Gasteiger partial charge in [0, 0.05) is 20.1 Å². The van der Waals surface area contributed by atoms with Crippen molar-refractivity contribution in [3.8, 4) is 0 Å². The first kappa shape index (κ1) is 11.2. The van der Waals surface area contributed by atoms with Crippen molar-refractivity contribution >= 4 is 11.4 Å². The van der Waals surface area contributed by atoms with Crippen LogP contribution < -0.4 is 10.2 Å². The average Bonchev–Trinajstić information content (AvgIpc) is 2.39.